The number of nitrogens with zero attached hydrogens (tertiary/aromatic N) is 1. The summed E-state index contributed by atoms with van der Waals surface area (Å²) in [7, 11) is 0. The molecule has 0 aromatic heterocycles. The molecule has 2 aliphatic rings. The van der Waals surface area contributed by atoms with E-state index in [9.17, 15) is 9.18 Å². The average molecular weight is 308 g/mol. The van der Waals surface area contributed by atoms with Gasteiger partial charge in [-0.1, -0.05) is 6.92 Å². The van der Waals surface area contributed by atoms with E-state index >= 15 is 0 Å². The predicted octanol–water partition coefficient (Wildman–Crippen LogP) is 2.96. The molecule has 2 aliphatic heterocycles. The van der Waals surface area contributed by atoms with Crippen LogP contribution >= 0.6 is 11.8 Å². The molecule has 0 saturated carbocycles. The van der Waals surface area contributed by atoms with Crippen LogP contribution in [0.4, 0.5) is 4.39 Å². The summed E-state index contributed by atoms with van der Waals surface area (Å²) >= 11 is 1.80. The van der Waals surface area contributed by atoms with Gasteiger partial charge in [0, 0.05) is 36.5 Å². The van der Waals surface area contributed by atoms with Gasteiger partial charge in [0.1, 0.15) is 5.82 Å². The summed E-state index contributed by atoms with van der Waals surface area (Å²) in [5.74, 6) is 1.11. The van der Waals surface area contributed by atoms with E-state index in [-0.39, 0.29) is 17.8 Å². The highest BCUT2D eigenvalue weighted by Gasteiger charge is 2.29. The highest BCUT2D eigenvalue weighted by Crippen LogP contribution is 2.37. The quantitative estimate of drug-likeness (QED) is 0.932. The Morgan fingerprint density at radius 1 is 1.48 bits per heavy atom. The van der Waals surface area contributed by atoms with Crippen molar-refractivity contribution in [3.8, 4) is 0 Å². The van der Waals surface area contributed by atoms with Gasteiger partial charge in [-0.3, -0.25) is 4.79 Å². The minimum atomic E-state index is -0.169. The van der Waals surface area contributed by atoms with Crippen molar-refractivity contribution in [3.05, 3.63) is 29.6 Å². The number of fused-ring (bicyclic) bond motifs is 1. The molecule has 1 N–H and O–H groups in total. The van der Waals surface area contributed by atoms with Gasteiger partial charge in [-0.2, -0.15) is 0 Å². The van der Waals surface area contributed by atoms with E-state index in [4.69, 9.17) is 0 Å². The Balaban J connectivity index is 1.67. The number of halogens is 1. The molecule has 2 heterocycles. The van der Waals surface area contributed by atoms with Crippen LogP contribution in [-0.4, -0.2) is 35.7 Å². The largest absolute Gasteiger partial charge is 0.341 e. The summed E-state index contributed by atoms with van der Waals surface area (Å²) in [5, 5.41) is 3.64. The first-order valence-electron chi connectivity index (χ1n) is 7.63. The first kappa shape index (κ1) is 14.9. The molecule has 0 aliphatic carbocycles. The first-order chi connectivity index (χ1) is 10.2. The van der Waals surface area contributed by atoms with Gasteiger partial charge in [0.25, 0.3) is 0 Å². The third kappa shape index (κ3) is 3.24. The number of carbonyl (C=O) groups is 1. The molecular weight excluding hydrogens is 287 g/mol. The number of amides is 1. The zero-order chi connectivity index (χ0) is 14.8. The van der Waals surface area contributed by atoms with Crippen LogP contribution in [0.5, 0.6) is 0 Å². The van der Waals surface area contributed by atoms with Crippen LogP contribution in [0.3, 0.4) is 0 Å². The number of hydrogen-bond acceptors (Lipinski definition) is 3. The fourth-order valence-electron chi connectivity index (χ4n) is 3.17. The minimum absolute atomic E-state index is 0.169. The minimum Gasteiger partial charge on any atom is -0.341 e. The van der Waals surface area contributed by atoms with Gasteiger partial charge in [0.2, 0.25) is 5.91 Å². The molecule has 1 aromatic rings. The maximum Gasteiger partial charge on any atom is 0.222 e. The lowest BCUT2D eigenvalue weighted by Crippen LogP contribution is -2.38. The number of hydrogen-bond donors (Lipinski definition) is 1. The maximum absolute atomic E-state index is 13.5. The second-order valence-corrected chi connectivity index (χ2v) is 6.85. The molecule has 0 spiro atoms. The maximum atomic E-state index is 13.5. The Labute approximate surface area is 129 Å². The highest BCUT2D eigenvalue weighted by atomic mass is 32.2. The van der Waals surface area contributed by atoms with E-state index in [1.165, 1.54) is 11.0 Å². The van der Waals surface area contributed by atoms with Crippen LogP contribution in [0.15, 0.2) is 23.1 Å². The molecule has 1 saturated heterocycles. The lowest BCUT2D eigenvalue weighted by molar-refractivity contribution is -0.129. The van der Waals surface area contributed by atoms with Gasteiger partial charge in [-0.25, -0.2) is 4.39 Å². The van der Waals surface area contributed by atoms with Gasteiger partial charge in [-0.05, 0) is 42.4 Å². The van der Waals surface area contributed by atoms with Crippen molar-refractivity contribution < 1.29 is 9.18 Å². The Bertz CT molecular complexity index is 537. The molecule has 1 aromatic carbocycles. The summed E-state index contributed by atoms with van der Waals surface area (Å²) in [4.78, 5) is 14.9. The molecule has 0 bridgehead atoms. The summed E-state index contributed by atoms with van der Waals surface area (Å²) in [6.45, 7) is 3.52. The number of benzene rings is 1. The van der Waals surface area contributed by atoms with Crippen LogP contribution in [0.1, 0.15) is 37.8 Å². The molecule has 3 nitrogen and oxygen atoms in total. The Morgan fingerprint density at radius 3 is 3.14 bits per heavy atom. The normalized spacial score (nSPS) is 25.0. The zero-order valence-corrected chi connectivity index (χ0v) is 13.1. The zero-order valence-electron chi connectivity index (χ0n) is 12.3. The fourth-order valence-corrected chi connectivity index (χ4v) is 4.27. The van der Waals surface area contributed by atoms with Gasteiger partial charge in [-0.15, -0.1) is 11.8 Å². The van der Waals surface area contributed by atoms with E-state index in [2.05, 4.69) is 5.32 Å². The summed E-state index contributed by atoms with van der Waals surface area (Å²) < 4.78 is 13.5. The van der Waals surface area contributed by atoms with Crippen molar-refractivity contribution in [1.82, 2.24) is 10.2 Å². The van der Waals surface area contributed by atoms with Crippen LogP contribution in [0.25, 0.3) is 0 Å². The van der Waals surface area contributed by atoms with E-state index in [0.717, 1.165) is 37.2 Å². The van der Waals surface area contributed by atoms with Crippen LogP contribution in [-0.2, 0) is 4.79 Å². The highest BCUT2D eigenvalue weighted by molar-refractivity contribution is 7.99. The van der Waals surface area contributed by atoms with E-state index in [0.29, 0.717) is 12.5 Å². The number of nitrogens with one attached hydrogen (secondary N) is 1. The number of thioether (sulfide) groups is 1. The predicted molar refractivity (Wildman–Crippen MR) is 82.9 cm³/mol. The van der Waals surface area contributed by atoms with Crippen molar-refractivity contribution in [3.63, 3.8) is 0 Å². The molecule has 1 fully saturated rings. The van der Waals surface area contributed by atoms with Crippen molar-refractivity contribution >= 4 is 17.7 Å². The van der Waals surface area contributed by atoms with Crippen molar-refractivity contribution in [1.29, 1.82) is 0 Å². The van der Waals surface area contributed by atoms with E-state index in [1.54, 1.807) is 17.8 Å². The Kier molecular flexibility index (Phi) is 4.50. The van der Waals surface area contributed by atoms with Gasteiger partial charge in [0.05, 0.1) is 0 Å². The van der Waals surface area contributed by atoms with Crippen molar-refractivity contribution in [2.45, 2.75) is 43.2 Å². The first-order valence-corrected chi connectivity index (χ1v) is 8.62. The molecule has 5 heteroatoms. The topological polar surface area (TPSA) is 32.3 Å². The van der Waals surface area contributed by atoms with Gasteiger partial charge < -0.3 is 10.2 Å². The lowest BCUT2D eigenvalue weighted by atomic mass is 10.0. The summed E-state index contributed by atoms with van der Waals surface area (Å²) in [5.41, 5.74) is 1.08. The molecular formula is C16H21FN2OS. The smallest absolute Gasteiger partial charge is 0.222 e. The number of rotatable bonds is 3. The third-order valence-electron chi connectivity index (χ3n) is 4.29. The van der Waals surface area contributed by atoms with Gasteiger partial charge >= 0.3 is 0 Å². The Morgan fingerprint density at radius 2 is 2.33 bits per heavy atom. The van der Waals surface area contributed by atoms with E-state index in [1.807, 2.05) is 17.9 Å². The Hall–Kier alpha value is -1.07. The van der Waals surface area contributed by atoms with Crippen LogP contribution in [0.2, 0.25) is 0 Å². The lowest BCUT2D eigenvalue weighted by Gasteiger charge is -2.29. The SMILES string of the molecule is CCC(=O)N1CC[C@@H](N[C@H]2CCSc3ccc(F)cc32)C1. The second kappa shape index (κ2) is 6.36. The van der Waals surface area contributed by atoms with Crippen LogP contribution in [0, 0.1) is 5.82 Å². The van der Waals surface area contributed by atoms with Crippen molar-refractivity contribution in [2.24, 2.45) is 0 Å². The molecule has 114 valence electrons. The number of likely N-dealkylation sites (tertiary alicyclic amines) is 1. The molecule has 3 rings (SSSR count). The summed E-state index contributed by atoms with van der Waals surface area (Å²) in [6.07, 6.45) is 2.57. The third-order valence-corrected chi connectivity index (χ3v) is 5.41. The monoisotopic (exact) mass is 308 g/mol. The average Bonchev–Trinajstić information content (AvgIpc) is 2.95. The molecule has 0 radical (unpaired) electrons. The fraction of sp³-hybridized carbons (Fsp3) is 0.562. The summed E-state index contributed by atoms with van der Waals surface area (Å²) in [6, 6.07) is 5.60. The van der Waals surface area contributed by atoms with Gasteiger partial charge in [0.15, 0.2) is 0 Å². The molecule has 21 heavy (non-hydrogen) atoms. The second-order valence-electron chi connectivity index (χ2n) is 5.72. The van der Waals surface area contributed by atoms with E-state index < -0.39 is 0 Å². The molecule has 1 amide bonds. The number of carbonyl (C=O) groups excluding carboxylic acids is 1. The van der Waals surface area contributed by atoms with Crippen molar-refractivity contribution in [2.75, 3.05) is 18.8 Å². The van der Waals surface area contributed by atoms with Crippen LogP contribution < -0.4 is 5.32 Å². The molecule has 2 atom stereocenters. The standard InChI is InChI=1S/C16H21FN2OS/c1-2-16(20)19-7-5-12(10-19)18-14-6-8-21-15-4-3-11(17)9-13(14)15/h3-4,9,12,14,18H,2,5-8,10H2,1H3/t12-,14+/m1/s1. The molecule has 0 unspecified atom stereocenters.